The van der Waals surface area contributed by atoms with E-state index in [1.807, 2.05) is 19.1 Å². The van der Waals surface area contributed by atoms with Crippen LogP contribution in [0.3, 0.4) is 0 Å². The molecule has 1 saturated heterocycles. The standard InChI is InChI=1S/C23H25ClN2O5/c1-11(2)20(26-21(28)18-13-5-6-14(8-13)19(18)22(26)29)23(30)31-10-17(27)25-15-7-4-12(3)16(24)9-15/h4-7,9,11,13-14,18-20H,8,10H2,1-3H3,(H,25,27)/t13-,14-,18-,19+,20+/m0/s1. The average Bonchev–Trinajstić information content (AvgIpc) is 3.39. The smallest absolute Gasteiger partial charge is 0.330 e. The Morgan fingerprint density at radius 3 is 2.32 bits per heavy atom. The third-order valence-electron chi connectivity index (χ3n) is 6.46. The number of halogens is 1. The topological polar surface area (TPSA) is 92.8 Å². The average molecular weight is 445 g/mol. The van der Waals surface area contributed by atoms with Crippen LogP contribution in [0.25, 0.3) is 0 Å². The molecule has 0 unspecified atom stereocenters. The number of nitrogens with zero attached hydrogens (tertiary/aromatic N) is 1. The van der Waals surface area contributed by atoms with Gasteiger partial charge < -0.3 is 10.1 Å². The Morgan fingerprint density at radius 2 is 1.77 bits per heavy atom. The zero-order valence-corrected chi connectivity index (χ0v) is 18.4. The van der Waals surface area contributed by atoms with E-state index in [0.29, 0.717) is 10.7 Å². The highest BCUT2D eigenvalue weighted by atomic mass is 35.5. The molecule has 2 fully saturated rings. The highest BCUT2D eigenvalue weighted by Gasteiger charge is 2.61. The van der Waals surface area contributed by atoms with Crippen molar-refractivity contribution >= 4 is 41.0 Å². The molecule has 4 rings (SSSR count). The van der Waals surface area contributed by atoms with Gasteiger partial charge in [-0.25, -0.2) is 4.79 Å². The highest BCUT2D eigenvalue weighted by Crippen LogP contribution is 2.53. The number of hydrogen-bond donors (Lipinski definition) is 1. The van der Waals surface area contributed by atoms with Gasteiger partial charge in [0.1, 0.15) is 6.04 Å². The molecular weight excluding hydrogens is 420 g/mol. The number of carbonyl (C=O) groups is 4. The zero-order valence-electron chi connectivity index (χ0n) is 17.6. The molecule has 8 heteroatoms. The Morgan fingerprint density at radius 1 is 1.16 bits per heavy atom. The molecular formula is C23H25ClN2O5. The van der Waals surface area contributed by atoms with Crippen LogP contribution in [0.1, 0.15) is 25.8 Å². The summed E-state index contributed by atoms with van der Waals surface area (Å²) in [5.41, 5.74) is 1.36. The van der Waals surface area contributed by atoms with Gasteiger partial charge in [0.15, 0.2) is 6.61 Å². The Kier molecular flexibility index (Phi) is 5.64. The van der Waals surface area contributed by atoms with Crippen LogP contribution in [-0.4, -0.2) is 41.2 Å². The summed E-state index contributed by atoms with van der Waals surface area (Å²) >= 11 is 6.06. The van der Waals surface area contributed by atoms with Crippen LogP contribution >= 0.6 is 11.6 Å². The normalized spacial score (nSPS) is 27.1. The summed E-state index contributed by atoms with van der Waals surface area (Å²) in [6.45, 7) is 4.82. The minimum atomic E-state index is -1.05. The number of amides is 3. The molecule has 3 amide bonds. The van der Waals surface area contributed by atoms with Crippen LogP contribution in [0.5, 0.6) is 0 Å². The van der Waals surface area contributed by atoms with E-state index in [2.05, 4.69) is 5.32 Å². The molecule has 164 valence electrons. The lowest BCUT2D eigenvalue weighted by atomic mass is 9.85. The zero-order chi connectivity index (χ0) is 22.4. The van der Waals surface area contributed by atoms with E-state index < -0.39 is 24.5 Å². The maximum Gasteiger partial charge on any atom is 0.330 e. The number of rotatable bonds is 6. The quantitative estimate of drug-likeness (QED) is 0.413. The first-order valence-corrected chi connectivity index (χ1v) is 10.8. The van der Waals surface area contributed by atoms with Gasteiger partial charge in [-0.2, -0.15) is 0 Å². The molecule has 1 heterocycles. The lowest BCUT2D eigenvalue weighted by Crippen LogP contribution is -2.50. The molecule has 1 aliphatic heterocycles. The van der Waals surface area contributed by atoms with Gasteiger partial charge in [0.2, 0.25) is 11.8 Å². The number of benzene rings is 1. The van der Waals surface area contributed by atoms with Crippen LogP contribution in [0, 0.1) is 36.5 Å². The summed E-state index contributed by atoms with van der Waals surface area (Å²) in [4.78, 5) is 52.2. The summed E-state index contributed by atoms with van der Waals surface area (Å²) in [5.74, 6) is -2.88. The van der Waals surface area contributed by atoms with Crippen LogP contribution < -0.4 is 5.32 Å². The van der Waals surface area contributed by atoms with Gasteiger partial charge in [-0.15, -0.1) is 0 Å². The second-order valence-electron chi connectivity index (χ2n) is 8.86. The number of esters is 1. The van der Waals surface area contributed by atoms with Crippen molar-refractivity contribution in [3.05, 3.63) is 40.9 Å². The second kappa shape index (κ2) is 8.11. The molecule has 1 aromatic rings. The summed E-state index contributed by atoms with van der Waals surface area (Å²) in [6, 6.07) is 4.02. The number of anilines is 1. The fourth-order valence-corrected chi connectivity index (χ4v) is 5.15. The van der Waals surface area contributed by atoms with Crippen molar-refractivity contribution in [3.8, 4) is 0 Å². The Balaban J connectivity index is 1.41. The van der Waals surface area contributed by atoms with Crippen molar-refractivity contribution in [3.63, 3.8) is 0 Å². The molecule has 2 bridgehead atoms. The second-order valence-corrected chi connectivity index (χ2v) is 9.26. The van der Waals surface area contributed by atoms with E-state index in [4.69, 9.17) is 16.3 Å². The van der Waals surface area contributed by atoms with Gasteiger partial charge >= 0.3 is 5.97 Å². The van der Waals surface area contributed by atoms with Gasteiger partial charge in [-0.3, -0.25) is 19.3 Å². The number of hydrogen-bond acceptors (Lipinski definition) is 5. The fourth-order valence-electron chi connectivity index (χ4n) is 4.97. The predicted molar refractivity (Wildman–Crippen MR) is 114 cm³/mol. The van der Waals surface area contributed by atoms with Gasteiger partial charge in [-0.05, 0) is 48.8 Å². The minimum absolute atomic E-state index is 0.0624. The van der Waals surface area contributed by atoms with Gasteiger partial charge in [-0.1, -0.05) is 43.7 Å². The summed E-state index contributed by atoms with van der Waals surface area (Å²) in [5, 5.41) is 3.13. The molecule has 0 spiro atoms. The molecule has 1 N–H and O–H groups in total. The Labute approximate surface area is 185 Å². The number of ether oxygens (including phenoxy) is 1. The van der Waals surface area contributed by atoms with Crippen LogP contribution in [0.2, 0.25) is 5.02 Å². The molecule has 5 atom stereocenters. The molecule has 7 nitrogen and oxygen atoms in total. The van der Waals surface area contributed by atoms with Crippen LogP contribution in [0.4, 0.5) is 5.69 Å². The first kappa shape index (κ1) is 21.6. The molecule has 0 radical (unpaired) electrons. The highest BCUT2D eigenvalue weighted by molar-refractivity contribution is 6.31. The fraction of sp³-hybridized carbons (Fsp3) is 0.478. The summed E-state index contributed by atoms with van der Waals surface area (Å²) in [6.07, 6.45) is 4.83. The van der Waals surface area contributed by atoms with E-state index in [1.165, 1.54) is 0 Å². The van der Waals surface area contributed by atoms with Gasteiger partial charge in [0.25, 0.3) is 5.91 Å². The summed E-state index contributed by atoms with van der Waals surface area (Å²) in [7, 11) is 0. The van der Waals surface area contributed by atoms with E-state index in [-0.39, 0.29) is 41.4 Å². The maximum absolute atomic E-state index is 13.0. The number of imide groups is 1. The largest absolute Gasteiger partial charge is 0.454 e. The molecule has 1 aromatic carbocycles. The summed E-state index contributed by atoms with van der Waals surface area (Å²) < 4.78 is 5.21. The number of aryl methyl sites for hydroxylation is 1. The van der Waals surface area contributed by atoms with Crippen molar-refractivity contribution in [2.75, 3.05) is 11.9 Å². The van der Waals surface area contributed by atoms with E-state index >= 15 is 0 Å². The van der Waals surface area contributed by atoms with Crippen LogP contribution in [0.15, 0.2) is 30.4 Å². The number of carbonyl (C=O) groups excluding carboxylic acids is 4. The van der Waals surface area contributed by atoms with Crippen molar-refractivity contribution in [1.82, 2.24) is 4.90 Å². The first-order valence-electron chi connectivity index (χ1n) is 10.5. The Bertz CT molecular complexity index is 958. The van der Waals surface area contributed by atoms with Crippen molar-refractivity contribution in [1.29, 1.82) is 0 Å². The van der Waals surface area contributed by atoms with Crippen molar-refractivity contribution in [2.24, 2.45) is 29.6 Å². The third kappa shape index (κ3) is 3.76. The van der Waals surface area contributed by atoms with Crippen LogP contribution in [-0.2, 0) is 23.9 Å². The molecule has 3 aliphatic rings. The van der Waals surface area contributed by atoms with E-state index in [0.717, 1.165) is 16.9 Å². The number of fused-ring (bicyclic) bond motifs is 5. The number of allylic oxidation sites excluding steroid dienone is 2. The lowest BCUT2D eigenvalue weighted by molar-refractivity contribution is -0.162. The molecule has 2 aliphatic carbocycles. The lowest BCUT2D eigenvalue weighted by Gasteiger charge is -2.28. The predicted octanol–water partition coefficient (Wildman–Crippen LogP) is 2.96. The van der Waals surface area contributed by atoms with Gasteiger partial charge in [0.05, 0.1) is 11.8 Å². The number of nitrogens with one attached hydrogen (secondary N) is 1. The van der Waals surface area contributed by atoms with E-state index in [9.17, 15) is 19.2 Å². The third-order valence-corrected chi connectivity index (χ3v) is 6.86. The molecule has 1 saturated carbocycles. The number of likely N-dealkylation sites (tertiary alicyclic amines) is 1. The molecule has 0 aromatic heterocycles. The van der Waals surface area contributed by atoms with Crippen molar-refractivity contribution < 1.29 is 23.9 Å². The SMILES string of the molecule is Cc1ccc(NC(=O)COC(=O)[C@@H](C(C)C)N2C(=O)[C@@H]3[C@H](C2=O)[C@H]2C=C[C@H]3C2)cc1Cl. The maximum atomic E-state index is 13.0. The monoisotopic (exact) mass is 444 g/mol. The van der Waals surface area contributed by atoms with E-state index in [1.54, 1.807) is 32.0 Å². The van der Waals surface area contributed by atoms with Gasteiger partial charge in [0, 0.05) is 10.7 Å². The molecule has 31 heavy (non-hydrogen) atoms. The van der Waals surface area contributed by atoms with Crippen molar-refractivity contribution in [2.45, 2.75) is 33.2 Å². The first-order chi connectivity index (χ1) is 14.7. The minimum Gasteiger partial charge on any atom is -0.454 e. The Hall–Kier alpha value is -2.67.